The largest absolute Gasteiger partial charge is 0.480 e. The lowest BCUT2D eigenvalue weighted by molar-refractivity contribution is -0.149. The number of halogens is 2. The second-order valence-corrected chi connectivity index (χ2v) is 7.18. The molecule has 1 aromatic carbocycles. The molecule has 1 aliphatic heterocycles. The number of carboxylic acid groups (broad SMARTS) is 1. The van der Waals surface area contributed by atoms with E-state index in [0.717, 1.165) is 36.6 Å². The van der Waals surface area contributed by atoms with Gasteiger partial charge in [0.05, 0.1) is 5.02 Å². The number of rotatable bonds is 6. The van der Waals surface area contributed by atoms with Gasteiger partial charge in [0.25, 0.3) is 0 Å². The Bertz CT molecular complexity index is 526. The average molecular weight is 348 g/mol. The van der Waals surface area contributed by atoms with Gasteiger partial charge in [-0.05, 0) is 44.0 Å². The third kappa shape index (κ3) is 3.67. The SMILES string of the molecule is CCC1(C(=O)O)CCCN1CCSc1cc(Cl)ccc1Cl. The maximum Gasteiger partial charge on any atom is 0.324 e. The molecule has 3 nitrogen and oxygen atoms in total. The van der Waals surface area contributed by atoms with Crippen LogP contribution >= 0.6 is 35.0 Å². The maximum absolute atomic E-state index is 11.6. The number of benzene rings is 1. The Labute approximate surface area is 139 Å². The summed E-state index contributed by atoms with van der Waals surface area (Å²) < 4.78 is 0. The Morgan fingerprint density at radius 1 is 1.48 bits per heavy atom. The Balaban J connectivity index is 1.96. The smallest absolute Gasteiger partial charge is 0.324 e. The van der Waals surface area contributed by atoms with E-state index in [4.69, 9.17) is 23.2 Å². The Morgan fingerprint density at radius 3 is 2.90 bits per heavy atom. The zero-order valence-electron chi connectivity index (χ0n) is 11.9. The molecule has 1 aliphatic rings. The van der Waals surface area contributed by atoms with Gasteiger partial charge in [-0.1, -0.05) is 30.1 Å². The van der Waals surface area contributed by atoms with Crippen LogP contribution in [0.5, 0.6) is 0 Å². The van der Waals surface area contributed by atoms with Crippen LogP contribution in [0, 0.1) is 0 Å². The fourth-order valence-corrected chi connectivity index (χ4v) is 4.37. The number of nitrogens with zero attached hydrogens (tertiary/aromatic N) is 1. The van der Waals surface area contributed by atoms with Crippen molar-refractivity contribution in [2.45, 2.75) is 36.6 Å². The fraction of sp³-hybridized carbons (Fsp3) is 0.533. The van der Waals surface area contributed by atoms with Gasteiger partial charge in [-0.3, -0.25) is 9.69 Å². The summed E-state index contributed by atoms with van der Waals surface area (Å²) in [4.78, 5) is 14.7. The molecule has 0 radical (unpaired) electrons. The van der Waals surface area contributed by atoms with E-state index in [0.29, 0.717) is 16.5 Å². The molecule has 1 saturated heterocycles. The van der Waals surface area contributed by atoms with Gasteiger partial charge < -0.3 is 5.11 Å². The van der Waals surface area contributed by atoms with Crippen LogP contribution in [-0.4, -0.2) is 40.4 Å². The van der Waals surface area contributed by atoms with E-state index >= 15 is 0 Å². The molecule has 0 spiro atoms. The number of hydrogen-bond donors (Lipinski definition) is 1. The molecule has 6 heteroatoms. The summed E-state index contributed by atoms with van der Waals surface area (Å²) in [5.41, 5.74) is -0.682. The van der Waals surface area contributed by atoms with E-state index in [2.05, 4.69) is 4.90 Å². The molecular formula is C15H19Cl2NO2S. The molecule has 1 aromatic rings. The number of likely N-dealkylation sites (tertiary alicyclic amines) is 1. The van der Waals surface area contributed by atoms with E-state index in [-0.39, 0.29) is 0 Å². The Kier molecular flexibility index (Phi) is 5.83. The molecule has 1 atom stereocenters. The van der Waals surface area contributed by atoms with Crippen LogP contribution < -0.4 is 0 Å². The van der Waals surface area contributed by atoms with E-state index in [1.807, 2.05) is 13.0 Å². The molecule has 0 amide bonds. The molecule has 116 valence electrons. The molecule has 2 rings (SSSR count). The average Bonchev–Trinajstić information content (AvgIpc) is 2.87. The maximum atomic E-state index is 11.6. The Morgan fingerprint density at radius 2 is 2.24 bits per heavy atom. The second-order valence-electron chi connectivity index (χ2n) is 5.20. The Hall–Kier alpha value is -0.420. The van der Waals surface area contributed by atoms with Gasteiger partial charge in [0.1, 0.15) is 5.54 Å². The highest BCUT2D eigenvalue weighted by Crippen LogP contribution is 2.34. The van der Waals surface area contributed by atoms with Crippen molar-refractivity contribution in [2.75, 3.05) is 18.8 Å². The van der Waals surface area contributed by atoms with Crippen molar-refractivity contribution in [3.05, 3.63) is 28.2 Å². The van der Waals surface area contributed by atoms with Crippen LogP contribution in [0.25, 0.3) is 0 Å². The molecule has 1 heterocycles. The molecule has 1 unspecified atom stereocenters. The summed E-state index contributed by atoms with van der Waals surface area (Å²) >= 11 is 13.7. The second kappa shape index (κ2) is 7.23. The van der Waals surface area contributed by atoms with Crippen molar-refractivity contribution in [3.63, 3.8) is 0 Å². The quantitative estimate of drug-likeness (QED) is 0.773. The molecule has 0 bridgehead atoms. The van der Waals surface area contributed by atoms with Crippen LogP contribution in [0.4, 0.5) is 0 Å². The standard InChI is InChI=1S/C15H19Cl2NO2S/c1-2-15(14(19)20)6-3-7-18(15)8-9-21-13-10-11(16)4-5-12(13)17/h4-5,10H,2-3,6-9H2,1H3,(H,19,20). The molecule has 0 aromatic heterocycles. The lowest BCUT2D eigenvalue weighted by Crippen LogP contribution is -2.50. The van der Waals surface area contributed by atoms with Crippen LogP contribution in [0.15, 0.2) is 23.1 Å². The minimum absolute atomic E-state index is 0.644. The number of carbonyl (C=O) groups is 1. The van der Waals surface area contributed by atoms with Gasteiger partial charge in [0.2, 0.25) is 0 Å². The lowest BCUT2D eigenvalue weighted by Gasteiger charge is -2.33. The summed E-state index contributed by atoms with van der Waals surface area (Å²) in [5, 5.41) is 10.9. The van der Waals surface area contributed by atoms with Crippen molar-refractivity contribution in [1.29, 1.82) is 0 Å². The number of hydrogen-bond acceptors (Lipinski definition) is 3. The van der Waals surface area contributed by atoms with Crippen molar-refractivity contribution in [3.8, 4) is 0 Å². The van der Waals surface area contributed by atoms with Gasteiger partial charge >= 0.3 is 5.97 Å². The first-order valence-electron chi connectivity index (χ1n) is 7.06. The summed E-state index contributed by atoms with van der Waals surface area (Å²) in [6.07, 6.45) is 2.33. The van der Waals surface area contributed by atoms with Crippen molar-refractivity contribution in [2.24, 2.45) is 0 Å². The van der Waals surface area contributed by atoms with Crippen molar-refractivity contribution < 1.29 is 9.90 Å². The minimum Gasteiger partial charge on any atom is -0.480 e. The summed E-state index contributed by atoms with van der Waals surface area (Å²) in [6, 6.07) is 5.40. The van der Waals surface area contributed by atoms with Gasteiger partial charge in [0.15, 0.2) is 0 Å². The number of aliphatic carboxylic acids is 1. The van der Waals surface area contributed by atoms with E-state index in [1.165, 1.54) is 0 Å². The molecule has 1 N–H and O–H groups in total. The predicted molar refractivity (Wildman–Crippen MR) is 88.7 cm³/mol. The highest BCUT2D eigenvalue weighted by molar-refractivity contribution is 7.99. The van der Waals surface area contributed by atoms with Gasteiger partial charge in [-0.25, -0.2) is 0 Å². The molecule has 1 fully saturated rings. The highest BCUT2D eigenvalue weighted by Gasteiger charge is 2.45. The molecular weight excluding hydrogens is 329 g/mol. The first kappa shape index (κ1) is 16.9. The van der Waals surface area contributed by atoms with E-state index in [9.17, 15) is 9.90 Å². The highest BCUT2D eigenvalue weighted by atomic mass is 35.5. The van der Waals surface area contributed by atoms with Crippen LogP contribution in [0.2, 0.25) is 10.0 Å². The third-order valence-electron chi connectivity index (χ3n) is 4.12. The van der Waals surface area contributed by atoms with Crippen molar-refractivity contribution >= 4 is 40.9 Å². The normalized spacial score (nSPS) is 22.6. The van der Waals surface area contributed by atoms with E-state index < -0.39 is 11.5 Å². The number of carboxylic acids is 1. The zero-order chi connectivity index (χ0) is 15.5. The summed E-state index contributed by atoms with van der Waals surface area (Å²) in [7, 11) is 0. The minimum atomic E-state index is -0.701. The number of thioether (sulfide) groups is 1. The summed E-state index contributed by atoms with van der Waals surface area (Å²) in [6.45, 7) is 3.55. The first-order chi connectivity index (χ1) is 9.99. The van der Waals surface area contributed by atoms with Gasteiger partial charge in [0, 0.05) is 22.2 Å². The fourth-order valence-electron chi connectivity index (χ4n) is 2.91. The van der Waals surface area contributed by atoms with Gasteiger partial charge in [-0.2, -0.15) is 0 Å². The predicted octanol–water partition coefficient (Wildman–Crippen LogP) is 4.41. The van der Waals surface area contributed by atoms with Crippen molar-refractivity contribution in [1.82, 2.24) is 4.90 Å². The zero-order valence-corrected chi connectivity index (χ0v) is 14.3. The topological polar surface area (TPSA) is 40.5 Å². The van der Waals surface area contributed by atoms with Gasteiger partial charge in [-0.15, -0.1) is 11.8 Å². The van der Waals surface area contributed by atoms with E-state index in [1.54, 1.807) is 23.9 Å². The van der Waals surface area contributed by atoms with Crippen LogP contribution in [0.1, 0.15) is 26.2 Å². The lowest BCUT2D eigenvalue weighted by atomic mass is 9.93. The van der Waals surface area contributed by atoms with Crippen LogP contribution in [-0.2, 0) is 4.79 Å². The summed E-state index contributed by atoms with van der Waals surface area (Å²) in [5.74, 6) is 0.100. The third-order valence-corrected chi connectivity index (χ3v) is 5.83. The molecule has 21 heavy (non-hydrogen) atoms. The molecule has 0 aliphatic carbocycles. The first-order valence-corrected chi connectivity index (χ1v) is 8.80. The monoisotopic (exact) mass is 347 g/mol. The molecule has 0 saturated carbocycles. The van der Waals surface area contributed by atoms with Crippen LogP contribution in [0.3, 0.4) is 0 Å².